The highest BCUT2D eigenvalue weighted by Crippen LogP contribution is 2.35. The first-order valence-corrected chi connectivity index (χ1v) is 10.2. The van der Waals surface area contributed by atoms with E-state index in [1.807, 2.05) is 0 Å². The third-order valence-electron chi connectivity index (χ3n) is 4.72. The monoisotopic (exact) mass is 454 g/mol. The highest BCUT2D eigenvalue weighted by molar-refractivity contribution is 6.36. The Morgan fingerprint density at radius 3 is 2.68 bits per heavy atom. The smallest absolute Gasteiger partial charge is 0.433 e. The molecule has 31 heavy (non-hydrogen) atoms. The fourth-order valence-electron chi connectivity index (χ4n) is 3.11. The molecule has 10 heteroatoms. The van der Waals surface area contributed by atoms with Crippen LogP contribution in [0.1, 0.15) is 48.8 Å². The minimum absolute atomic E-state index is 0.0343. The number of aromatic nitrogens is 3. The van der Waals surface area contributed by atoms with Gasteiger partial charge in [-0.2, -0.15) is 18.3 Å². The van der Waals surface area contributed by atoms with E-state index in [4.69, 9.17) is 16.3 Å². The number of carbonyl (C=O) groups is 1. The average Bonchev–Trinajstić information content (AvgIpc) is 3.08. The number of fused-ring (bicyclic) bond motifs is 1. The van der Waals surface area contributed by atoms with Crippen molar-refractivity contribution < 1.29 is 22.7 Å². The Morgan fingerprint density at radius 2 is 2.00 bits per heavy atom. The number of hydrogen-bond acceptors (Lipinski definition) is 4. The minimum atomic E-state index is -4.74. The summed E-state index contributed by atoms with van der Waals surface area (Å²) in [6.07, 6.45) is -0.946. The van der Waals surface area contributed by atoms with Crippen LogP contribution in [0.4, 0.5) is 13.2 Å². The van der Waals surface area contributed by atoms with Crippen molar-refractivity contribution in [3.05, 3.63) is 46.7 Å². The van der Waals surface area contributed by atoms with Gasteiger partial charge in [0, 0.05) is 12.1 Å². The standard InChI is InChI=1S/C21H22ClF3N4O2/c1-3-4-5-6-10-26-20(30)18-17(22)19-27-15(13-8-7-9-14(11-13)31-2)12-16(21(23,24)25)29(19)28-18/h7-9,11-12H,3-6,10H2,1-2H3,(H,26,30). The van der Waals surface area contributed by atoms with Gasteiger partial charge in [0.25, 0.3) is 5.91 Å². The molecule has 166 valence electrons. The molecule has 0 saturated heterocycles. The molecule has 0 saturated carbocycles. The number of rotatable bonds is 8. The van der Waals surface area contributed by atoms with E-state index in [-0.39, 0.29) is 22.1 Å². The lowest BCUT2D eigenvalue weighted by Gasteiger charge is -2.11. The third-order valence-corrected chi connectivity index (χ3v) is 5.07. The molecule has 3 aromatic rings. The van der Waals surface area contributed by atoms with Crippen molar-refractivity contribution in [2.24, 2.45) is 0 Å². The summed E-state index contributed by atoms with van der Waals surface area (Å²) in [6, 6.07) is 7.35. The molecular formula is C21H22ClF3N4O2. The number of nitrogens with zero attached hydrogens (tertiary/aromatic N) is 3. The molecule has 1 aromatic carbocycles. The Bertz CT molecular complexity index is 1080. The highest BCUT2D eigenvalue weighted by atomic mass is 35.5. The van der Waals surface area contributed by atoms with Crippen molar-refractivity contribution in [3.8, 4) is 17.0 Å². The van der Waals surface area contributed by atoms with Crippen molar-refractivity contribution in [2.75, 3.05) is 13.7 Å². The van der Waals surface area contributed by atoms with Gasteiger partial charge in [-0.1, -0.05) is 49.9 Å². The number of benzene rings is 1. The molecule has 1 amide bonds. The maximum absolute atomic E-state index is 13.8. The lowest BCUT2D eigenvalue weighted by Crippen LogP contribution is -2.25. The van der Waals surface area contributed by atoms with Crippen LogP contribution in [-0.2, 0) is 6.18 Å². The van der Waals surface area contributed by atoms with Crippen LogP contribution in [0, 0.1) is 0 Å². The predicted molar refractivity (Wildman–Crippen MR) is 111 cm³/mol. The van der Waals surface area contributed by atoms with E-state index >= 15 is 0 Å². The molecular weight excluding hydrogens is 433 g/mol. The van der Waals surface area contributed by atoms with E-state index in [1.165, 1.54) is 7.11 Å². The highest BCUT2D eigenvalue weighted by Gasteiger charge is 2.36. The molecule has 0 atom stereocenters. The first-order valence-electron chi connectivity index (χ1n) is 9.85. The average molecular weight is 455 g/mol. The van der Waals surface area contributed by atoms with Crippen LogP contribution >= 0.6 is 11.6 Å². The summed E-state index contributed by atoms with van der Waals surface area (Å²) in [7, 11) is 1.46. The first-order chi connectivity index (χ1) is 14.8. The van der Waals surface area contributed by atoms with Crippen LogP contribution in [0.5, 0.6) is 5.75 Å². The van der Waals surface area contributed by atoms with Crippen LogP contribution in [0.2, 0.25) is 5.02 Å². The topological polar surface area (TPSA) is 68.5 Å². The maximum atomic E-state index is 13.8. The van der Waals surface area contributed by atoms with Crippen molar-refractivity contribution >= 4 is 23.2 Å². The van der Waals surface area contributed by atoms with E-state index in [0.717, 1.165) is 31.7 Å². The van der Waals surface area contributed by atoms with E-state index in [1.54, 1.807) is 24.3 Å². The van der Waals surface area contributed by atoms with Gasteiger partial charge in [-0.05, 0) is 24.6 Å². The molecule has 0 radical (unpaired) electrons. The zero-order valence-corrected chi connectivity index (χ0v) is 17.8. The van der Waals surface area contributed by atoms with E-state index in [9.17, 15) is 18.0 Å². The lowest BCUT2D eigenvalue weighted by atomic mass is 10.1. The number of unbranched alkanes of at least 4 members (excludes halogenated alkanes) is 3. The number of carbonyl (C=O) groups excluding carboxylic acids is 1. The summed E-state index contributed by atoms with van der Waals surface area (Å²) >= 11 is 6.26. The van der Waals surface area contributed by atoms with Crippen LogP contribution in [0.25, 0.3) is 16.9 Å². The number of hydrogen-bond donors (Lipinski definition) is 1. The summed E-state index contributed by atoms with van der Waals surface area (Å²) in [6.45, 7) is 2.46. The zero-order chi connectivity index (χ0) is 22.6. The molecule has 0 bridgehead atoms. The Kier molecular flexibility index (Phi) is 7.04. The van der Waals surface area contributed by atoms with Gasteiger partial charge in [-0.15, -0.1) is 0 Å². The minimum Gasteiger partial charge on any atom is -0.497 e. The third kappa shape index (κ3) is 5.10. The van der Waals surface area contributed by atoms with Gasteiger partial charge in [0.15, 0.2) is 17.0 Å². The summed E-state index contributed by atoms with van der Waals surface area (Å²) in [5.41, 5.74) is -1.18. The first kappa shape index (κ1) is 22.9. The molecule has 0 aliphatic rings. The fraction of sp³-hybridized carbons (Fsp3) is 0.381. The van der Waals surface area contributed by atoms with Crippen LogP contribution in [-0.4, -0.2) is 34.2 Å². The summed E-state index contributed by atoms with van der Waals surface area (Å²) < 4.78 is 47.0. The van der Waals surface area contributed by atoms with Crippen molar-refractivity contribution in [1.82, 2.24) is 19.9 Å². The number of methoxy groups -OCH3 is 1. The quantitative estimate of drug-likeness (QED) is 0.463. The number of ether oxygens (including phenoxy) is 1. The van der Waals surface area contributed by atoms with Gasteiger partial charge in [0.1, 0.15) is 10.8 Å². The van der Waals surface area contributed by atoms with Gasteiger partial charge in [-0.25, -0.2) is 9.50 Å². The van der Waals surface area contributed by atoms with Crippen molar-refractivity contribution in [1.29, 1.82) is 0 Å². The van der Waals surface area contributed by atoms with Crippen molar-refractivity contribution in [2.45, 2.75) is 38.8 Å². The SMILES string of the molecule is CCCCCCNC(=O)c1nn2c(C(F)(F)F)cc(-c3cccc(OC)c3)nc2c1Cl. The molecule has 1 N–H and O–H groups in total. The van der Waals surface area contributed by atoms with Gasteiger partial charge < -0.3 is 10.1 Å². The lowest BCUT2D eigenvalue weighted by molar-refractivity contribution is -0.142. The van der Waals surface area contributed by atoms with Gasteiger partial charge in [0.2, 0.25) is 0 Å². The molecule has 0 unspecified atom stereocenters. The van der Waals surface area contributed by atoms with Gasteiger partial charge >= 0.3 is 6.18 Å². The van der Waals surface area contributed by atoms with E-state index < -0.39 is 17.8 Å². The van der Waals surface area contributed by atoms with Crippen LogP contribution in [0.15, 0.2) is 30.3 Å². The molecule has 6 nitrogen and oxygen atoms in total. The summed E-state index contributed by atoms with van der Waals surface area (Å²) in [5, 5.41) is 6.25. The summed E-state index contributed by atoms with van der Waals surface area (Å²) in [4.78, 5) is 16.7. The Balaban J connectivity index is 2.03. The molecule has 0 spiro atoms. The second-order valence-electron chi connectivity index (χ2n) is 6.97. The molecule has 0 aliphatic heterocycles. The number of halogens is 4. The van der Waals surface area contributed by atoms with Crippen LogP contribution in [0.3, 0.4) is 0 Å². The molecule has 2 aromatic heterocycles. The normalized spacial score (nSPS) is 11.7. The number of alkyl halides is 3. The fourth-order valence-corrected chi connectivity index (χ4v) is 3.35. The predicted octanol–water partition coefficient (Wildman–Crippen LogP) is 5.39. The molecule has 0 fully saturated rings. The second-order valence-corrected chi connectivity index (χ2v) is 7.35. The number of amides is 1. The van der Waals surface area contributed by atoms with E-state index in [2.05, 4.69) is 22.3 Å². The Labute approximate surface area is 182 Å². The molecule has 3 rings (SSSR count). The largest absolute Gasteiger partial charge is 0.497 e. The Hall–Kier alpha value is -2.81. The van der Waals surface area contributed by atoms with Gasteiger partial charge in [0.05, 0.1) is 12.8 Å². The number of nitrogens with one attached hydrogen (secondary N) is 1. The van der Waals surface area contributed by atoms with E-state index in [0.29, 0.717) is 22.4 Å². The summed E-state index contributed by atoms with van der Waals surface area (Å²) in [5.74, 6) is -0.168. The van der Waals surface area contributed by atoms with Gasteiger partial charge in [-0.3, -0.25) is 4.79 Å². The second kappa shape index (κ2) is 9.55. The molecule has 0 aliphatic carbocycles. The maximum Gasteiger partial charge on any atom is 0.433 e. The van der Waals surface area contributed by atoms with Crippen LogP contribution < -0.4 is 10.1 Å². The Morgan fingerprint density at radius 1 is 1.23 bits per heavy atom. The van der Waals surface area contributed by atoms with Crippen molar-refractivity contribution in [3.63, 3.8) is 0 Å². The zero-order valence-electron chi connectivity index (χ0n) is 17.1. The molecule has 2 heterocycles.